The van der Waals surface area contributed by atoms with Crippen molar-refractivity contribution in [3.63, 3.8) is 0 Å². The van der Waals surface area contributed by atoms with Crippen LogP contribution in [-0.2, 0) is 9.59 Å². The van der Waals surface area contributed by atoms with Crippen LogP contribution in [0.15, 0.2) is 0 Å². The van der Waals surface area contributed by atoms with Gasteiger partial charge in [-0.1, -0.05) is 13.8 Å². The molecule has 5 heteroatoms. The van der Waals surface area contributed by atoms with Crippen LogP contribution in [-0.4, -0.2) is 29.9 Å². The largest absolute Gasteiger partial charge is 0.349 e. The first-order chi connectivity index (χ1) is 8.24. The molecule has 18 heavy (non-hydrogen) atoms. The molecule has 0 unspecified atom stereocenters. The number of carbonyl (C=O) groups excluding carboxylic acids is 2. The van der Waals surface area contributed by atoms with Gasteiger partial charge in [-0.3, -0.25) is 9.59 Å². The van der Waals surface area contributed by atoms with E-state index in [9.17, 15) is 9.59 Å². The highest BCUT2D eigenvalue weighted by Crippen LogP contribution is 2.38. The van der Waals surface area contributed by atoms with Gasteiger partial charge in [0.05, 0.1) is 12.6 Å². The Balaban J connectivity index is 2.30. The third kappa shape index (κ3) is 4.29. The monoisotopic (exact) mass is 255 g/mol. The first-order valence-corrected chi connectivity index (χ1v) is 6.58. The van der Waals surface area contributed by atoms with E-state index in [1.54, 1.807) is 0 Å². The molecule has 0 heterocycles. The molecule has 2 amide bonds. The van der Waals surface area contributed by atoms with Crippen molar-refractivity contribution in [1.29, 1.82) is 0 Å². The Labute approximate surface area is 109 Å². The van der Waals surface area contributed by atoms with Crippen LogP contribution in [0.1, 0.15) is 40.5 Å². The van der Waals surface area contributed by atoms with Crippen LogP contribution in [0.4, 0.5) is 0 Å². The Bertz CT molecular complexity index is 322. The van der Waals surface area contributed by atoms with E-state index < -0.39 is 6.04 Å². The highest BCUT2D eigenvalue weighted by molar-refractivity contribution is 5.87. The van der Waals surface area contributed by atoms with E-state index in [0.717, 1.165) is 12.8 Å². The molecule has 5 nitrogen and oxygen atoms in total. The predicted molar refractivity (Wildman–Crippen MR) is 70.8 cm³/mol. The molecule has 1 fully saturated rings. The van der Waals surface area contributed by atoms with Crippen molar-refractivity contribution in [2.45, 2.75) is 52.1 Å². The minimum atomic E-state index is -0.561. The molecule has 1 atom stereocenters. The summed E-state index contributed by atoms with van der Waals surface area (Å²) in [5.74, 6) is 0.201. The van der Waals surface area contributed by atoms with Crippen LogP contribution in [0.2, 0.25) is 0 Å². The fourth-order valence-corrected chi connectivity index (χ4v) is 1.90. The van der Waals surface area contributed by atoms with Crippen molar-refractivity contribution in [3.05, 3.63) is 0 Å². The van der Waals surface area contributed by atoms with E-state index in [4.69, 9.17) is 5.73 Å². The molecule has 1 aliphatic rings. The highest BCUT2D eigenvalue weighted by atomic mass is 16.2. The maximum atomic E-state index is 11.7. The van der Waals surface area contributed by atoms with Crippen LogP contribution in [0, 0.1) is 11.8 Å². The van der Waals surface area contributed by atoms with Gasteiger partial charge in [-0.2, -0.15) is 0 Å². The molecule has 0 bridgehead atoms. The summed E-state index contributed by atoms with van der Waals surface area (Å²) < 4.78 is 0. The molecule has 1 rings (SSSR count). The first kappa shape index (κ1) is 15.0. The zero-order chi connectivity index (χ0) is 13.9. The molecular formula is C13H25N3O2. The van der Waals surface area contributed by atoms with Gasteiger partial charge in [-0.15, -0.1) is 0 Å². The summed E-state index contributed by atoms with van der Waals surface area (Å²) in [5, 5.41) is 5.52. The Kier molecular flexibility index (Phi) is 4.73. The van der Waals surface area contributed by atoms with Crippen LogP contribution >= 0.6 is 0 Å². The number of hydrogen-bond donors (Lipinski definition) is 3. The minimum Gasteiger partial charge on any atom is -0.349 e. The number of nitrogens with two attached hydrogens (primary N) is 1. The average Bonchev–Trinajstić information content (AvgIpc) is 3.07. The summed E-state index contributed by atoms with van der Waals surface area (Å²) in [6, 6.07) is -0.561. The second kappa shape index (κ2) is 5.69. The second-order valence-corrected chi connectivity index (χ2v) is 6.03. The maximum absolute atomic E-state index is 11.7. The lowest BCUT2D eigenvalue weighted by Crippen LogP contribution is -2.51. The summed E-state index contributed by atoms with van der Waals surface area (Å²) in [6.45, 7) is 7.78. The summed E-state index contributed by atoms with van der Waals surface area (Å²) in [7, 11) is 0. The van der Waals surface area contributed by atoms with Gasteiger partial charge in [-0.05, 0) is 38.5 Å². The molecule has 1 aliphatic carbocycles. The first-order valence-electron chi connectivity index (χ1n) is 6.58. The molecule has 0 aromatic rings. The molecule has 0 spiro atoms. The van der Waals surface area contributed by atoms with Crippen molar-refractivity contribution >= 4 is 11.8 Å². The average molecular weight is 255 g/mol. The number of hydrogen-bond acceptors (Lipinski definition) is 3. The van der Waals surface area contributed by atoms with E-state index in [0.29, 0.717) is 5.92 Å². The number of rotatable bonds is 6. The van der Waals surface area contributed by atoms with Crippen molar-refractivity contribution in [2.24, 2.45) is 17.6 Å². The maximum Gasteiger partial charge on any atom is 0.239 e. The second-order valence-electron chi connectivity index (χ2n) is 6.03. The van der Waals surface area contributed by atoms with E-state index in [2.05, 4.69) is 10.6 Å². The Morgan fingerprint density at radius 3 is 2.33 bits per heavy atom. The fraction of sp³-hybridized carbons (Fsp3) is 0.846. The van der Waals surface area contributed by atoms with Crippen LogP contribution < -0.4 is 16.4 Å². The third-order valence-corrected chi connectivity index (χ3v) is 3.50. The van der Waals surface area contributed by atoms with Crippen molar-refractivity contribution in [1.82, 2.24) is 10.6 Å². The summed E-state index contributed by atoms with van der Waals surface area (Å²) in [5.41, 5.74) is 5.51. The van der Waals surface area contributed by atoms with Crippen LogP contribution in [0.3, 0.4) is 0 Å². The van der Waals surface area contributed by atoms with Crippen LogP contribution in [0.5, 0.6) is 0 Å². The van der Waals surface area contributed by atoms with Gasteiger partial charge in [0.15, 0.2) is 0 Å². The van der Waals surface area contributed by atoms with Gasteiger partial charge in [0.2, 0.25) is 11.8 Å². The smallest absolute Gasteiger partial charge is 0.239 e. The lowest BCUT2D eigenvalue weighted by Gasteiger charge is -2.26. The summed E-state index contributed by atoms with van der Waals surface area (Å²) in [4.78, 5) is 23.3. The Morgan fingerprint density at radius 2 is 1.89 bits per heavy atom. The Hall–Kier alpha value is -1.10. The molecule has 0 aromatic heterocycles. The standard InChI is InChI=1S/C13H25N3O2/c1-8(2)11(14)12(18)15-7-10(17)16-13(3,4)9-5-6-9/h8-9,11H,5-7,14H2,1-4H3,(H,15,18)(H,16,17)/t11-/m0/s1. The van der Waals surface area contributed by atoms with E-state index >= 15 is 0 Å². The summed E-state index contributed by atoms with van der Waals surface area (Å²) >= 11 is 0. The van der Waals surface area contributed by atoms with E-state index in [-0.39, 0.29) is 29.8 Å². The SMILES string of the molecule is CC(C)[C@H](N)C(=O)NCC(=O)NC(C)(C)C1CC1. The number of carbonyl (C=O) groups is 2. The molecule has 0 aromatic carbocycles. The minimum absolute atomic E-state index is 0.00456. The third-order valence-electron chi connectivity index (χ3n) is 3.50. The molecular weight excluding hydrogens is 230 g/mol. The van der Waals surface area contributed by atoms with Gasteiger partial charge in [0.1, 0.15) is 0 Å². The van der Waals surface area contributed by atoms with Gasteiger partial charge < -0.3 is 16.4 Å². The lowest BCUT2D eigenvalue weighted by molar-refractivity contribution is -0.128. The van der Waals surface area contributed by atoms with Crippen molar-refractivity contribution < 1.29 is 9.59 Å². The summed E-state index contributed by atoms with van der Waals surface area (Å²) in [6.07, 6.45) is 2.33. The van der Waals surface area contributed by atoms with Gasteiger partial charge in [-0.25, -0.2) is 0 Å². The highest BCUT2D eigenvalue weighted by Gasteiger charge is 2.38. The predicted octanol–water partition coefficient (Wildman–Crippen LogP) is 0.391. The Morgan fingerprint density at radius 1 is 1.33 bits per heavy atom. The molecule has 4 N–H and O–H groups in total. The van der Waals surface area contributed by atoms with E-state index in [1.165, 1.54) is 0 Å². The zero-order valence-corrected chi connectivity index (χ0v) is 11.7. The van der Waals surface area contributed by atoms with Crippen molar-refractivity contribution in [2.75, 3.05) is 6.54 Å². The topological polar surface area (TPSA) is 84.2 Å². The van der Waals surface area contributed by atoms with Gasteiger partial charge >= 0.3 is 0 Å². The lowest BCUT2D eigenvalue weighted by atomic mass is 9.99. The van der Waals surface area contributed by atoms with Gasteiger partial charge in [0, 0.05) is 5.54 Å². The fourth-order valence-electron chi connectivity index (χ4n) is 1.90. The molecule has 0 radical (unpaired) electrons. The van der Waals surface area contributed by atoms with E-state index in [1.807, 2.05) is 27.7 Å². The molecule has 104 valence electrons. The number of nitrogens with one attached hydrogen (secondary N) is 2. The van der Waals surface area contributed by atoms with Gasteiger partial charge in [0.25, 0.3) is 0 Å². The molecule has 0 aliphatic heterocycles. The van der Waals surface area contributed by atoms with Crippen LogP contribution in [0.25, 0.3) is 0 Å². The van der Waals surface area contributed by atoms with Crippen molar-refractivity contribution in [3.8, 4) is 0 Å². The normalized spacial score (nSPS) is 17.4. The molecule has 0 saturated heterocycles. The molecule has 1 saturated carbocycles. The number of amides is 2. The zero-order valence-electron chi connectivity index (χ0n) is 11.7. The quantitative estimate of drug-likeness (QED) is 0.642.